The van der Waals surface area contributed by atoms with Gasteiger partial charge in [0.05, 0.1) is 18.5 Å². The molecule has 0 amide bonds. The summed E-state index contributed by atoms with van der Waals surface area (Å²) in [6, 6.07) is 5.01. The Balaban J connectivity index is 1.49. The van der Waals surface area contributed by atoms with Crippen molar-refractivity contribution in [3.63, 3.8) is 0 Å². The number of fused-ring (bicyclic) bond motifs is 1. The highest BCUT2D eigenvalue weighted by atomic mass is 19.4. The summed E-state index contributed by atoms with van der Waals surface area (Å²) >= 11 is 0. The number of rotatable bonds is 5. The highest BCUT2D eigenvalue weighted by Gasteiger charge is 2.45. The topological polar surface area (TPSA) is 136 Å². The zero-order valence-corrected chi connectivity index (χ0v) is 16.0. The normalized spacial score (nSPS) is 26.1. The van der Waals surface area contributed by atoms with Gasteiger partial charge >= 0.3 is 6.18 Å². The quantitative estimate of drug-likeness (QED) is 0.455. The largest absolute Gasteiger partial charge is 0.416 e. The number of hydroxylamine groups is 2. The Kier molecular flexibility index (Phi) is 5.61. The third kappa shape index (κ3) is 3.85. The molecule has 2 aromatic rings. The van der Waals surface area contributed by atoms with Crippen molar-refractivity contribution < 1.29 is 38.1 Å². The molecule has 1 aromatic carbocycles. The van der Waals surface area contributed by atoms with Gasteiger partial charge in [-0.25, -0.2) is 10.0 Å². The molecule has 0 aliphatic carbocycles. The highest BCUT2D eigenvalue weighted by Crippen LogP contribution is 2.35. The molecule has 3 heterocycles. The molecule has 0 unspecified atom stereocenters. The van der Waals surface area contributed by atoms with Crippen LogP contribution in [0.5, 0.6) is 0 Å². The minimum absolute atomic E-state index is 0.0781. The fourth-order valence-electron chi connectivity index (χ4n) is 3.54. The molecule has 10 nitrogen and oxygen atoms in total. The lowest BCUT2D eigenvalue weighted by atomic mass is 10.1. The monoisotopic (exact) mass is 443 g/mol. The molecule has 1 aromatic heterocycles. The van der Waals surface area contributed by atoms with Crippen LogP contribution in [0.3, 0.4) is 0 Å². The number of aromatic nitrogens is 2. The molecule has 0 saturated carbocycles. The molecule has 1 saturated heterocycles. The SMILES string of the molecule is N=C1c2ncn([C@@H]3O[C@H](CO)[C@@H](O)[C@H]3O)c2NCN1OCc1ccccc1C(F)(F)F. The minimum atomic E-state index is -4.53. The number of aliphatic hydroxyl groups is 3. The van der Waals surface area contributed by atoms with Gasteiger partial charge in [-0.15, -0.1) is 0 Å². The number of hydrogen-bond acceptors (Lipinski definition) is 8. The predicted molar refractivity (Wildman–Crippen MR) is 98.6 cm³/mol. The second-order valence-electron chi connectivity index (χ2n) is 7.07. The third-order valence-electron chi connectivity index (χ3n) is 5.15. The Morgan fingerprint density at radius 3 is 2.68 bits per heavy atom. The molecule has 168 valence electrons. The van der Waals surface area contributed by atoms with Crippen LogP contribution in [0.15, 0.2) is 30.6 Å². The number of amidine groups is 1. The van der Waals surface area contributed by atoms with Gasteiger partial charge in [-0.1, -0.05) is 18.2 Å². The molecule has 0 radical (unpaired) electrons. The predicted octanol–water partition coefficient (Wildman–Crippen LogP) is 0.656. The van der Waals surface area contributed by atoms with Crippen LogP contribution in [0.2, 0.25) is 0 Å². The number of hydrogen-bond donors (Lipinski definition) is 5. The Bertz CT molecular complexity index is 968. The summed E-state index contributed by atoms with van der Waals surface area (Å²) in [5.41, 5.74) is -0.778. The number of nitrogens with one attached hydrogen (secondary N) is 2. The van der Waals surface area contributed by atoms with E-state index in [-0.39, 0.29) is 23.8 Å². The van der Waals surface area contributed by atoms with Gasteiger partial charge in [0, 0.05) is 0 Å². The summed E-state index contributed by atoms with van der Waals surface area (Å²) in [5.74, 6) is 0.0964. The molecule has 1 fully saturated rings. The molecule has 0 spiro atoms. The standard InChI is InChI=1S/C18H20F3N5O5/c19-18(20,21)10-4-2-1-3-9(10)6-30-26-8-24-16-12(15(26)22)23-7-25(16)17-14(29)13(28)11(5-27)31-17/h1-4,7,11,13-14,17,22,24,27-29H,5-6,8H2/t11-,13-,14-,17-/m1/s1. The van der Waals surface area contributed by atoms with E-state index in [4.69, 9.17) is 15.0 Å². The van der Waals surface area contributed by atoms with Crippen LogP contribution in [0, 0.1) is 5.41 Å². The minimum Gasteiger partial charge on any atom is -0.394 e. The van der Waals surface area contributed by atoms with Crippen LogP contribution >= 0.6 is 0 Å². The van der Waals surface area contributed by atoms with Gasteiger partial charge in [-0.05, 0) is 11.6 Å². The number of ether oxygens (including phenoxy) is 1. The smallest absolute Gasteiger partial charge is 0.394 e. The van der Waals surface area contributed by atoms with Crippen molar-refractivity contribution in [3.8, 4) is 0 Å². The van der Waals surface area contributed by atoms with Gasteiger partial charge in [-0.2, -0.15) is 13.2 Å². The van der Waals surface area contributed by atoms with Crippen molar-refractivity contribution in [3.05, 3.63) is 47.4 Å². The molecule has 2 aliphatic rings. The second kappa shape index (κ2) is 8.09. The zero-order valence-electron chi connectivity index (χ0n) is 16.0. The molecule has 5 N–H and O–H groups in total. The molecule has 31 heavy (non-hydrogen) atoms. The zero-order chi connectivity index (χ0) is 22.3. The van der Waals surface area contributed by atoms with Crippen LogP contribution in [-0.4, -0.2) is 67.4 Å². The summed E-state index contributed by atoms with van der Waals surface area (Å²) in [4.78, 5) is 9.52. The lowest BCUT2D eigenvalue weighted by molar-refractivity contribution is -0.143. The van der Waals surface area contributed by atoms with Crippen molar-refractivity contribution in [2.24, 2.45) is 0 Å². The van der Waals surface area contributed by atoms with Crippen LogP contribution in [0.25, 0.3) is 0 Å². The molecule has 4 atom stereocenters. The Labute approximate surface area is 173 Å². The third-order valence-corrected chi connectivity index (χ3v) is 5.15. The summed E-state index contributed by atoms with van der Waals surface area (Å²) < 4.78 is 46.3. The van der Waals surface area contributed by atoms with E-state index in [9.17, 15) is 28.5 Å². The fourth-order valence-corrected chi connectivity index (χ4v) is 3.54. The Hall–Kier alpha value is -2.71. The first-order valence-electron chi connectivity index (χ1n) is 9.30. The van der Waals surface area contributed by atoms with Crippen molar-refractivity contribution in [2.45, 2.75) is 37.3 Å². The Morgan fingerprint density at radius 1 is 1.26 bits per heavy atom. The van der Waals surface area contributed by atoms with Crippen LogP contribution in [0.1, 0.15) is 23.0 Å². The van der Waals surface area contributed by atoms with E-state index in [2.05, 4.69) is 10.3 Å². The highest BCUT2D eigenvalue weighted by molar-refractivity contribution is 5.99. The van der Waals surface area contributed by atoms with E-state index in [1.807, 2.05) is 0 Å². The number of nitrogens with zero attached hydrogens (tertiary/aromatic N) is 3. The first-order chi connectivity index (χ1) is 14.7. The molecule has 13 heteroatoms. The van der Waals surface area contributed by atoms with Crippen LogP contribution in [-0.2, 0) is 22.4 Å². The second-order valence-corrected chi connectivity index (χ2v) is 7.07. The first kappa shape index (κ1) is 21.5. The lowest BCUT2D eigenvalue weighted by Crippen LogP contribution is -2.41. The molecule has 0 bridgehead atoms. The average molecular weight is 443 g/mol. The number of anilines is 1. The fraction of sp³-hybridized carbons (Fsp3) is 0.444. The van der Waals surface area contributed by atoms with Crippen molar-refractivity contribution in [2.75, 3.05) is 18.6 Å². The number of alkyl halides is 3. The Morgan fingerprint density at radius 2 is 2.00 bits per heavy atom. The number of halogens is 3. The molecular formula is C18H20F3N5O5. The van der Waals surface area contributed by atoms with Gasteiger partial charge in [0.1, 0.15) is 43.1 Å². The van der Waals surface area contributed by atoms with Gasteiger partial charge in [0.2, 0.25) is 0 Å². The van der Waals surface area contributed by atoms with Crippen LogP contribution < -0.4 is 5.32 Å². The summed E-state index contributed by atoms with van der Waals surface area (Å²) in [5, 5.41) is 41.7. The summed E-state index contributed by atoms with van der Waals surface area (Å²) in [7, 11) is 0. The average Bonchev–Trinajstić information content (AvgIpc) is 3.29. The van der Waals surface area contributed by atoms with Crippen molar-refractivity contribution in [1.82, 2.24) is 14.6 Å². The van der Waals surface area contributed by atoms with E-state index in [0.29, 0.717) is 5.82 Å². The van der Waals surface area contributed by atoms with E-state index in [0.717, 1.165) is 11.1 Å². The maximum atomic E-state index is 13.1. The van der Waals surface area contributed by atoms with Crippen molar-refractivity contribution in [1.29, 1.82) is 5.41 Å². The van der Waals surface area contributed by atoms with E-state index in [1.54, 1.807) is 0 Å². The van der Waals surface area contributed by atoms with E-state index >= 15 is 0 Å². The first-order valence-corrected chi connectivity index (χ1v) is 9.30. The summed E-state index contributed by atoms with van der Waals surface area (Å²) in [6.07, 6.45) is -7.90. The summed E-state index contributed by atoms with van der Waals surface area (Å²) in [6.45, 7) is -0.985. The van der Waals surface area contributed by atoms with Crippen molar-refractivity contribution >= 4 is 11.7 Å². The van der Waals surface area contributed by atoms with E-state index in [1.165, 1.54) is 29.1 Å². The maximum absolute atomic E-state index is 13.1. The van der Waals surface area contributed by atoms with Gasteiger partial charge in [-0.3, -0.25) is 14.8 Å². The van der Waals surface area contributed by atoms with Gasteiger partial charge in [0.25, 0.3) is 0 Å². The van der Waals surface area contributed by atoms with Gasteiger partial charge in [0.15, 0.2) is 12.1 Å². The molecular weight excluding hydrogens is 423 g/mol. The number of imidazole rings is 1. The maximum Gasteiger partial charge on any atom is 0.416 e. The number of aliphatic hydroxyl groups excluding tert-OH is 3. The van der Waals surface area contributed by atoms with Crippen LogP contribution in [0.4, 0.5) is 19.0 Å². The lowest BCUT2D eigenvalue weighted by Gasteiger charge is -2.30. The number of benzene rings is 1. The van der Waals surface area contributed by atoms with E-state index < -0.39 is 49.5 Å². The molecule has 4 rings (SSSR count). The van der Waals surface area contributed by atoms with Gasteiger partial charge < -0.3 is 25.4 Å². The molecule has 2 aliphatic heterocycles.